The first-order chi connectivity index (χ1) is 11.8. The Labute approximate surface area is 139 Å². The Morgan fingerprint density at radius 1 is 1.17 bits per heavy atom. The fraction of sp³-hybridized carbons (Fsp3) is 0.158. The molecule has 5 heteroatoms. The highest BCUT2D eigenvalue weighted by Crippen LogP contribution is 2.28. The van der Waals surface area contributed by atoms with Gasteiger partial charge in [-0.1, -0.05) is 36.4 Å². The Morgan fingerprint density at radius 2 is 1.96 bits per heavy atom. The molecule has 2 aromatic carbocycles. The molecule has 0 unspecified atom stereocenters. The molecule has 0 radical (unpaired) electrons. The van der Waals surface area contributed by atoms with Gasteiger partial charge in [0.2, 0.25) is 0 Å². The van der Waals surface area contributed by atoms with Crippen LogP contribution in [0.2, 0.25) is 0 Å². The predicted molar refractivity (Wildman–Crippen MR) is 90.0 cm³/mol. The molecule has 24 heavy (non-hydrogen) atoms. The lowest BCUT2D eigenvalue weighted by molar-refractivity contribution is -0.127. The quantitative estimate of drug-likeness (QED) is 0.804. The summed E-state index contributed by atoms with van der Waals surface area (Å²) in [6, 6.07) is 17.6. The van der Waals surface area contributed by atoms with Gasteiger partial charge in [0.25, 0.3) is 5.91 Å². The van der Waals surface area contributed by atoms with Crippen LogP contribution in [0.5, 0.6) is 5.75 Å². The molecule has 3 aromatic rings. The molecule has 0 aliphatic carbocycles. The maximum Gasteiger partial charge on any atom is 0.261 e. The molecule has 1 N–H and O–H groups in total. The second-order valence-electron chi connectivity index (χ2n) is 5.76. The first-order valence-electron chi connectivity index (χ1n) is 7.91. The number of nitrogens with one attached hydrogen (secondary N) is 1. The normalized spacial score (nSPS) is 15.6. The van der Waals surface area contributed by atoms with E-state index in [1.165, 1.54) is 0 Å². The second kappa shape index (κ2) is 6.20. The molecule has 5 nitrogen and oxygen atoms in total. The van der Waals surface area contributed by atoms with E-state index in [2.05, 4.69) is 10.4 Å². The Hall–Kier alpha value is -3.08. The smallest absolute Gasteiger partial charge is 0.261 e. The maximum atomic E-state index is 12.3. The van der Waals surface area contributed by atoms with E-state index in [4.69, 9.17) is 4.74 Å². The predicted octanol–water partition coefficient (Wildman–Crippen LogP) is 2.49. The number of aromatic nitrogens is 2. The summed E-state index contributed by atoms with van der Waals surface area (Å²) >= 11 is 0. The molecule has 2 heterocycles. The van der Waals surface area contributed by atoms with Gasteiger partial charge >= 0.3 is 0 Å². The number of fused-ring (bicyclic) bond motifs is 1. The van der Waals surface area contributed by atoms with E-state index in [1.807, 2.05) is 60.8 Å². The minimum absolute atomic E-state index is 0.0985. The molecule has 1 atom stereocenters. The van der Waals surface area contributed by atoms with Crippen LogP contribution in [-0.4, -0.2) is 21.8 Å². The number of amides is 1. The number of carbonyl (C=O) groups excluding carboxylic acids is 1. The van der Waals surface area contributed by atoms with E-state index >= 15 is 0 Å². The van der Waals surface area contributed by atoms with Gasteiger partial charge in [0.1, 0.15) is 5.75 Å². The van der Waals surface area contributed by atoms with Crippen LogP contribution in [0.15, 0.2) is 67.0 Å². The monoisotopic (exact) mass is 319 g/mol. The van der Waals surface area contributed by atoms with E-state index in [0.29, 0.717) is 13.0 Å². The zero-order chi connectivity index (χ0) is 16.4. The van der Waals surface area contributed by atoms with E-state index in [0.717, 1.165) is 22.6 Å². The van der Waals surface area contributed by atoms with Crippen molar-refractivity contribution >= 4 is 5.91 Å². The summed E-state index contributed by atoms with van der Waals surface area (Å²) < 4.78 is 7.49. The number of carbonyl (C=O) groups is 1. The van der Waals surface area contributed by atoms with Crippen LogP contribution < -0.4 is 10.1 Å². The number of rotatable bonds is 4. The number of nitrogens with zero attached hydrogens (tertiary/aromatic N) is 2. The van der Waals surface area contributed by atoms with Crippen molar-refractivity contribution in [1.29, 1.82) is 0 Å². The molecular formula is C19H17N3O2. The lowest BCUT2D eigenvalue weighted by atomic mass is 10.1. The van der Waals surface area contributed by atoms with Crippen molar-refractivity contribution < 1.29 is 9.53 Å². The van der Waals surface area contributed by atoms with Crippen molar-refractivity contribution in [2.45, 2.75) is 19.1 Å². The highest BCUT2D eigenvalue weighted by atomic mass is 16.5. The largest absolute Gasteiger partial charge is 0.480 e. The van der Waals surface area contributed by atoms with Crippen LogP contribution in [0.4, 0.5) is 0 Å². The third-order valence-corrected chi connectivity index (χ3v) is 4.06. The zero-order valence-electron chi connectivity index (χ0n) is 13.1. The molecule has 1 aliphatic rings. The highest BCUT2D eigenvalue weighted by Gasteiger charge is 2.28. The Morgan fingerprint density at radius 3 is 2.79 bits per heavy atom. The molecular weight excluding hydrogens is 302 g/mol. The highest BCUT2D eigenvalue weighted by molar-refractivity contribution is 5.82. The molecule has 1 amide bonds. The van der Waals surface area contributed by atoms with Crippen molar-refractivity contribution in [2.24, 2.45) is 0 Å². The van der Waals surface area contributed by atoms with E-state index in [9.17, 15) is 4.79 Å². The van der Waals surface area contributed by atoms with Crippen LogP contribution in [0, 0.1) is 0 Å². The van der Waals surface area contributed by atoms with Gasteiger partial charge in [0, 0.05) is 24.7 Å². The van der Waals surface area contributed by atoms with Crippen LogP contribution in [0.3, 0.4) is 0 Å². The molecule has 120 valence electrons. The molecule has 4 rings (SSSR count). The average molecular weight is 319 g/mol. The van der Waals surface area contributed by atoms with Gasteiger partial charge in [0.05, 0.1) is 11.9 Å². The van der Waals surface area contributed by atoms with Crippen molar-refractivity contribution in [1.82, 2.24) is 15.1 Å². The molecule has 0 spiro atoms. The Balaban J connectivity index is 1.36. The van der Waals surface area contributed by atoms with Crippen LogP contribution in [0.25, 0.3) is 5.69 Å². The number of hydrogen-bond acceptors (Lipinski definition) is 3. The molecule has 1 aromatic heterocycles. The first-order valence-corrected chi connectivity index (χ1v) is 7.91. The van der Waals surface area contributed by atoms with Crippen molar-refractivity contribution in [2.75, 3.05) is 0 Å². The fourth-order valence-corrected chi connectivity index (χ4v) is 2.80. The van der Waals surface area contributed by atoms with Crippen molar-refractivity contribution in [3.63, 3.8) is 0 Å². The van der Waals surface area contributed by atoms with E-state index in [-0.39, 0.29) is 5.91 Å². The SMILES string of the molecule is O=C(NCc1cnn(-c2ccccc2)c1)[C@@H]1Cc2ccccc2O1. The average Bonchev–Trinajstić information content (AvgIpc) is 3.27. The Kier molecular flexibility index (Phi) is 3.75. The summed E-state index contributed by atoms with van der Waals surface area (Å²) in [7, 11) is 0. The number of para-hydroxylation sites is 2. The first kappa shape index (κ1) is 14.5. The topological polar surface area (TPSA) is 56.2 Å². The summed E-state index contributed by atoms with van der Waals surface area (Å²) in [4.78, 5) is 12.3. The van der Waals surface area contributed by atoms with Gasteiger partial charge in [-0.2, -0.15) is 5.10 Å². The zero-order valence-corrected chi connectivity index (χ0v) is 13.1. The van der Waals surface area contributed by atoms with Gasteiger partial charge in [-0.3, -0.25) is 4.79 Å². The van der Waals surface area contributed by atoms with Gasteiger partial charge in [0.15, 0.2) is 6.10 Å². The summed E-state index contributed by atoms with van der Waals surface area (Å²) in [5.41, 5.74) is 3.02. The summed E-state index contributed by atoms with van der Waals surface area (Å²) in [5, 5.41) is 7.25. The van der Waals surface area contributed by atoms with Crippen LogP contribution in [-0.2, 0) is 17.8 Å². The molecule has 1 aliphatic heterocycles. The maximum absolute atomic E-state index is 12.3. The van der Waals surface area contributed by atoms with E-state index in [1.54, 1.807) is 10.9 Å². The molecule has 0 bridgehead atoms. The number of hydrogen-bond donors (Lipinski definition) is 1. The number of benzene rings is 2. The third-order valence-electron chi connectivity index (χ3n) is 4.06. The lowest BCUT2D eigenvalue weighted by Crippen LogP contribution is -2.36. The lowest BCUT2D eigenvalue weighted by Gasteiger charge is -2.10. The summed E-state index contributed by atoms with van der Waals surface area (Å²) in [6.45, 7) is 0.432. The molecule has 0 fully saturated rings. The Bertz CT molecular complexity index is 833. The minimum Gasteiger partial charge on any atom is -0.480 e. The third kappa shape index (κ3) is 2.88. The van der Waals surface area contributed by atoms with Crippen LogP contribution >= 0.6 is 0 Å². The number of ether oxygens (including phenoxy) is 1. The standard InChI is InChI=1S/C19H17N3O2/c23-19(18-10-15-6-4-5-9-17(15)24-18)20-11-14-12-21-22(13-14)16-7-2-1-3-8-16/h1-9,12-13,18H,10-11H2,(H,20,23)/t18-/m0/s1. The van der Waals surface area contributed by atoms with Gasteiger partial charge in [-0.05, 0) is 23.8 Å². The van der Waals surface area contributed by atoms with Crippen molar-refractivity contribution in [3.05, 3.63) is 78.1 Å². The summed E-state index contributed by atoms with van der Waals surface area (Å²) in [5.74, 6) is 0.702. The van der Waals surface area contributed by atoms with E-state index < -0.39 is 6.10 Å². The van der Waals surface area contributed by atoms with Gasteiger partial charge in [-0.15, -0.1) is 0 Å². The van der Waals surface area contributed by atoms with Crippen molar-refractivity contribution in [3.8, 4) is 11.4 Å². The van der Waals surface area contributed by atoms with Gasteiger partial charge in [-0.25, -0.2) is 4.68 Å². The fourth-order valence-electron chi connectivity index (χ4n) is 2.80. The second-order valence-corrected chi connectivity index (χ2v) is 5.76. The van der Waals surface area contributed by atoms with Gasteiger partial charge < -0.3 is 10.1 Å². The molecule has 0 saturated carbocycles. The molecule has 0 saturated heterocycles. The minimum atomic E-state index is -0.452. The van der Waals surface area contributed by atoms with Crippen LogP contribution in [0.1, 0.15) is 11.1 Å². The summed E-state index contributed by atoms with van der Waals surface area (Å²) in [6.07, 6.45) is 3.84.